The van der Waals surface area contributed by atoms with Crippen LogP contribution in [0.15, 0.2) is 40.9 Å². The highest BCUT2D eigenvalue weighted by Crippen LogP contribution is 2.21. The van der Waals surface area contributed by atoms with Crippen molar-refractivity contribution < 1.29 is 4.79 Å². The van der Waals surface area contributed by atoms with Gasteiger partial charge in [0.05, 0.1) is 0 Å². The summed E-state index contributed by atoms with van der Waals surface area (Å²) in [6, 6.07) is 10.4. The number of hydrogen-bond acceptors (Lipinski definition) is 2. The van der Waals surface area contributed by atoms with Crippen LogP contribution in [0.3, 0.4) is 0 Å². The van der Waals surface area contributed by atoms with Crippen LogP contribution < -0.4 is 0 Å². The number of nitrogens with zero attached hydrogens (tertiary/aromatic N) is 1. The maximum Gasteiger partial charge on any atom is 0.147 e. The molecule has 0 unspecified atom stereocenters. The van der Waals surface area contributed by atoms with Crippen LogP contribution in [0.25, 0.3) is 0 Å². The lowest BCUT2D eigenvalue weighted by Gasteiger charge is -2.19. The van der Waals surface area contributed by atoms with Gasteiger partial charge >= 0.3 is 0 Å². The standard InChI is InChI=1S/C14H16ClNO.ClH/c15-14-7-9-16(8-6-13(14)11-17)10-12-4-2-1-3-5-12;/h1-5,11H,6-10H2;1H. The molecule has 0 saturated carbocycles. The first kappa shape index (κ1) is 15.2. The van der Waals surface area contributed by atoms with Crippen LogP contribution in [0.5, 0.6) is 0 Å². The fraction of sp³-hybridized carbons (Fsp3) is 0.357. The molecule has 4 heteroatoms. The minimum Gasteiger partial charge on any atom is -0.298 e. The molecule has 0 atom stereocenters. The molecule has 18 heavy (non-hydrogen) atoms. The van der Waals surface area contributed by atoms with Crippen molar-refractivity contribution in [3.63, 3.8) is 0 Å². The molecule has 2 rings (SSSR count). The first-order valence-electron chi connectivity index (χ1n) is 5.88. The van der Waals surface area contributed by atoms with Gasteiger partial charge in [-0.25, -0.2) is 0 Å². The lowest BCUT2D eigenvalue weighted by Crippen LogP contribution is -2.24. The molecule has 1 aliphatic heterocycles. The van der Waals surface area contributed by atoms with Gasteiger partial charge in [0.1, 0.15) is 6.29 Å². The number of hydrogen-bond donors (Lipinski definition) is 0. The molecule has 1 aromatic carbocycles. The smallest absolute Gasteiger partial charge is 0.147 e. The summed E-state index contributed by atoms with van der Waals surface area (Å²) < 4.78 is 0. The Hall–Kier alpha value is -0.830. The van der Waals surface area contributed by atoms with Crippen LogP contribution in [-0.2, 0) is 11.3 Å². The molecule has 0 aromatic heterocycles. The minimum absolute atomic E-state index is 0. The van der Waals surface area contributed by atoms with E-state index in [-0.39, 0.29) is 12.4 Å². The summed E-state index contributed by atoms with van der Waals surface area (Å²) >= 11 is 6.08. The average molecular weight is 286 g/mol. The van der Waals surface area contributed by atoms with Crippen molar-refractivity contribution in [3.8, 4) is 0 Å². The summed E-state index contributed by atoms with van der Waals surface area (Å²) in [5, 5.41) is 0.732. The van der Waals surface area contributed by atoms with Gasteiger partial charge in [-0.2, -0.15) is 0 Å². The zero-order valence-corrected chi connectivity index (χ0v) is 11.7. The first-order valence-corrected chi connectivity index (χ1v) is 6.26. The van der Waals surface area contributed by atoms with E-state index in [2.05, 4.69) is 29.2 Å². The van der Waals surface area contributed by atoms with Gasteiger partial charge in [0.15, 0.2) is 0 Å². The fourth-order valence-electron chi connectivity index (χ4n) is 2.07. The van der Waals surface area contributed by atoms with Gasteiger partial charge in [0.25, 0.3) is 0 Å². The third kappa shape index (κ3) is 4.13. The molecule has 0 aliphatic carbocycles. The number of aldehydes is 1. The van der Waals surface area contributed by atoms with Crippen LogP contribution in [-0.4, -0.2) is 24.3 Å². The van der Waals surface area contributed by atoms with Crippen molar-refractivity contribution in [2.24, 2.45) is 0 Å². The van der Waals surface area contributed by atoms with Crippen molar-refractivity contribution in [2.75, 3.05) is 13.1 Å². The average Bonchev–Trinajstić information content (AvgIpc) is 2.53. The highest BCUT2D eigenvalue weighted by molar-refractivity contribution is 6.31. The number of benzene rings is 1. The molecule has 0 radical (unpaired) electrons. The van der Waals surface area contributed by atoms with Crippen molar-refractivity contribution in [3.05, 3.63) is 46.5 Å². The Morgan fingerprint density at radius 3 is 2.50 bits per heavy atom. The zero-order valence-electron chi connectivity index (χ0n) is 10.1. The summed E-state index contributed by atoms with van der Waals surface area (Å²) in [7, 11) is 0. The number of rotatable bonds is 3. The predicted octanol–water partition coefficient (Wildman–Crippen LogP) is 3.40. The Balaban J connectivity index is 0.00000162. The number of carbonyl (C=O) groups excluding carboxylic acids is 1. The van der Waals surface area contributed by atoms with E-state index < -0.39 is 0 Å². The van der Waals surface area contributed by atoms with Crippen molar-refractivity contribution in [2.45, 2.75) is 19.4 Å². The monoisotopic (exact) mass is 285 g/mol. The van der Waals surface area contributed by atoms with Crippen molar-refractivity contribution >= 4 is 30.3 Å². The molecule has 0 amide bonds. The van der Waals surface area contributed by atoms with Crippen molar-refractivity contribution in [1.82, 2.24) is 4.90 Å². The molecule has 1 heterocycles. The molecule has 1 aromatic rings. The normalized spacial score (nSPS) is 16.9. The molecule has 0 N–H and O–H groups in total. The third-order valence-corrected chi connectivity index (χ3v) is 3.52. The zero-order chi connectivity index (χ0) is 12.1. The van der Waals surface area contributed by atoms with E-state index in [1.165, 1.54) is 5.56 Å². The van der Waals surface area contributed by atoms with Crippen LogP contribution in [0.1, 0.15) is 18.4 Å². The highest BCUT2D eigenvalue weighted by Gasteiger charge is 2.14. The summed E-state index contributed by atoms with van der Waals surface area (Å²) in [4.78, 5) is 13.2. The van der Waals surface area contributed by atoms with Gasteiger partial charge in [-0.05, 0) is 18.4 Å². The lowest BCUT2D eigenvalue weighted by atomic mass is 10.2. The Bertz CT molecular complexity index is 417. The quantitative estimate of drug-likeness (QED) is 0.794. The van der Waals surface area contributed by atoms with Crippen LogP contribution in [0, 0.1) is 0 Å². The third-order valence-electron chi connectivity index (χ3n) is 3.08. The molecule has 0 fully saturated rings. The maximum atomic E-state index is 10.8. The van der Waals surface area contributed by atoms with Gasteiger partial charge in [0.2, 0.25) is 0 Å². The van der Waals surface area contributed by atoms with Gasteiger partial charge < -0.3 is 0 Å². The number of carbonyl (C=O) groups is 1. The molecule has 1 aliphatic rings. The largest absolute Gasteiger partial charge is 0.298 e. The maximum absolute atomic E-state index is 10.8. The second kappa shape index (κ2) is 7.57. The Labute approximate surface area is 119 Å². The SMILES string of the molecule is Cl.O=CC1=C(Cl)CCN(Cc2ccccc2)CC1. The molecular weight excluding hydrogens is 269 g/mol. The van der Waals surface area contributed by atoms with Crippen LogP contribution in [0.4, 0.5) is 0 Å². The predicted molar refractivity (Wildman–Crippen MR) is 77.1 cm³/mol. The van der Waals surface area contributed by atoms with Gasteiger partial charge in [-0.3, -0.25) is 9.69 Å². The second-order valence-electron chi connectivity index (χ2n) is 4.31. The van der Waals surface area contributed by atoms with Gasteiger partial charge in [0, 0.05) is 30.2 Å². The van der Waals surface area contributed by atoms with E-state index in [0.29, 0.717) is 0 Å². The van der Waals surface area contributed by atoms with Crippen LogP contribution >= 0.6 is 24.0 Å². The van der Waals surface area contributed by atoms with Gasteiger partial charge in [-0.15, -0.1) is 12.4 Å². The molecule has 0 spiro atoms. The summed E-state index contributed by atoms with van der Waals surface area (Å²) in [6.07, 6.45) is 2.44. The fourth-order valence-corrected chi connectivity index (χ4v) is 2.29. The summed E-state index contributed by atoms with van der Waals surface area (Å²) in [5.41, 5.74) is 2.07. The summed E-state index contributed by atoms with van der Waals surface area (Å²) in [5.74, 6) is 0. The molecule has 98 valence electrons. The first-order chi connectivity index (χ1) is 8.29. The highest BCUT2D eigenvalue weighted by atomic mass is 35.5. The number of halogens is 2. The van der Waals surface area contributed by atoms with E-state index in [1.54, 1.807) is 0 Å². The Morgan fingerprint density at radius 1 is 1.17 bits per heavy atom. The van der Waals surface area contributed by atoms with E-state index in [1.807, 2.05) is 6.07 Å². The molecule has 0 bridgehead atoms. The van der Waals surface area contributed by atoms with E-state index in [4.69, 9.17) is 11.6 Å². The van der Waals surface area contributed by atoms with E-state index in [0.717, 1.165) is 49.4 Å². The molecule has 2 nitrogen and oxygen atoms in total. The van der Waals surface area contributed by atoms with Crippen molar-refractivity contribution in [1.29, 1.82) is 0 Å². The van der Waals surface area contributed by atoms with E-state index in [9.17, 15) is 4.79 Å². The molecule has 0 saturated heterocycles. The topological polar surface area (TPSA) is 20.3 Å². The summed E-state index contributed by atoms with van der Waals surface area (Å²) in [6.45, 7) is 2.75. The van der Waals surface area contributed by atoms with Gasteiger partial charge in [-0.1, -0.05) is 41.9 Å². The minimum atomic E-state index is 0. The Morgan fingerprint density at radius 2 is 1.83 bits per heavy atom. The van der Waals surface area contributed by atoms with Crippen LogP contribution in [0.2, 0.25) is 0 Å². The lowest BCUT2D eigenvalue weighted by molar-refractivity contribution is -0.105. The van der Waals surface area contributed by atoms with E-state index >= 15 is 0 Å². The molecular formula is C14H17Cl2NO. The second-order valence-corrected chi connectivity index (χ2v) is 4.77. The Kier molecular flexibility index (Phi) is 6.41.